The van der Waals surface area contributed by atoms with Crippen LogP contribution in [0.15, 0.2) is 102 Å². The van der Waals surface area contributed by atoms with E-state index in [0.717, 1.165) is 61.7 Å². The number of nitrogens with zero attached hydrogens (tertiary/aromatic N) is 4. The van der Waals surface area contributed by atoms with Crippen LogP contribution in [0, 0.1) is 31.7 Å². The molecule has 1 radical (unpaired) electrons. The molecule has 0 spiro atoms. The van der Waals surface area contributed by atoms with Crippen LogP contribution in [0.5, 0.6) is 0 Å². The van der Waals surface area contributed by atoms with Gasteiger partial charge in [0.2, 0.25) is 0 Å². The third-order valence-corrected chi connectivity index (χ3v) is 9.50. The van der Waals surface area contributed by atoms with E-state index in [1.807, 2.05) is 37.4 Å². The van der Waals surface area contributed by atoms with Gasteiger partial charge in [-0.1, -0.05) is 120 Å². The number of benzene rings is 4. The Labute approximate surface area is 335 Å². The smallest absolute Gasteiger partial charge is 0.120 e. The molecule has 0 N–H and O–H groups in total. The summed E-state index contributed by atoms with van der Waals surface area (Å²) in [7, 11) is 0. The summed E-state index contributed by atoms with van der Waals surface area (Å²) >= 11 is 0. The number of rotatable bonds is 5. The Balaban J connectivity index is 0.000000244. The second-order valence-corrected chi connectivity index (χ2v) is 15.2. The fourth-order valence-electron chi connectivity index (χ4n) is 6.69. The Morgan fingerprint density at radius 3 is 2.20 bits per heavy atom. The van der Waals surface area contributed by atoms with Crippen LogP contribution < -0.4 is 0 Å². The van der Waals surface area contributed by atoms with Crippen LogP contribution in [0.1, 0.15) is 92.4 Å². The molecule has 0 atom stereocenters. The molecule has 277 valence electrons. The van der Waals surface area contributed by atoms with Gasteiger partial charge in [-0.15, -0.1) is 42.0 Å². The van der Waals surface area contributed by atoms with Gasteiger partial charge in [-0.2, -0.15) is 0 Å². The molecule has 0 aliphatic rings. The van der Waals surface area contributed by atoms with Gasteiger partial charge in [0, 0.05) is 58.4 Å². The van der Waals surface area contributed by atoms with Crippen LogP contribution >= 0.6 is 0 Å². The molecule has 8 aromatic rings. The summed E-state index contributed by atoms with van der Waals surface area (Å²) < 4.78 is 44.2. The van der Waals surface area contributed by atoms with Crippen molar-refractivity contribution in [1.82, 2.24) is 19.5 Å². The average molecular weight is 896 g/mol. The van der Waals surface area contributed by atoms with Crippen molar-refractivity contribution >= 4 is 33.0 Å². The molecule has 0 aliphatic carbocycles. The molecule has 0 saturated carbocycles. The van der Waals surface area contributed by atoms with Gasteiger partial charge in [0.25, 0.3) is 0 Å². The fraction of sp³-hybridized carbons (Fsp3) is 0.255. The molecule has 0 unspecified atom stereocenters. The third-order valence-electron chi connectivity index (χ3n) is 9.50. The molecule has 54 heavy (non-hydrogen) atoms. The Bertz CT molecular complexity index is 2680. The Morgan fingerprint density at radius 2 is 1.56 bits per heavy atom. The van der Waals surface area contributed by atoms with E-state index in [4.69, 9.17) is 18.5 Å². The van der Waals surface area contributed by atoms with Gasteiger partial charge in [-0.3, -0.25) is 14.4 Å². The van der Waals surface area contributed by atoms with E-state index >= 15 is 0 Å². The second kappa shape index (κ2) is 15.4. The largest absolute Gasteiger partial charge is 0.501 e. The van der Waals surface area contributed by atoms with Crippen LogP contribution in [0.4, 0.5) is 4.39 Å². The molecule has 0 amide bonds. The van der Waals surface area contributed by atoms with E-state index < -0.39 is 12.7 Å². The maximum absolute atomic E-state index is 13.8. The van der Waals surface area contributed by atoms with Crippen molar-refractivity contribution in [2.75, 3.05) is 0 Å². The Kier molecular flexibility index (Phi) is 9.92. The first kappa shape index (κ1) is 34.8. The molecule has 0 aliphatic heterocycles. The summed E-state index contributed by atoms with van der Waals surface area (Å²) in [6.07, 6.45) is 3.62. The van der Waals surface area contributed by atoms with E-state index in [9.17, 15) is 4.39 Å². The molecule has 0 bridgehead atoms. The van der Waals surface area contributed by atoms with Gasteiger partial charge < -0.3 is 14.0 Å². The van der Waals surface area contributed by atoms with Crippen molar-refractivity contribution in [3.63, 3.8) is 0 Å². The molecule has 4 aromatic heterocycles. The van der Waals surface area contributed by atoms with Crippen molar-refractivity contribution in [2.45, 2.75) is 79.5 Å². The zero-order valence-corrected chi connectivity index (χ0v) is 34.2. The number of hydrogen-bond acceptors (Lipinski definition) is 4. The molecular weight excluding hydrogens is 848 g/mol. The first-order chi connectivity index (χ1) is 26.5. The first-order valence-electron chi connectivity index (χ1n) is 19.5. The van der Waals surface area contributed by atoms with Gasteiger partial charge in [0.1, 0.15) is 5.58 Å². The van der Waals surface area contributed by atoms with E-state index in [-0.39, 0.29) is 36.6 Å². The maximum Gasteiger partial charge on any atom is 0.120 e. The quantitative estimate of drug-likeness (QED) is 0.162. The monoisotopic (exact) mass is 896 g/mol. The molecule has 0 fully saturated rings. The minimum absolute atomic E-state index is 0. The standard InChI is InChI=1S/C34H34N3O.C13H11FN.Ir/c1-20(2)22-13-10-14-23(21(3)4)31(22)37-28-19-35-30(34(5,6)7)18-27(28)36-33(37)26-16-11-15-25-24-12-8-9-17-29(24)38-32(25)26;1-9-3-5-11(12(14)7-9)13-6-4-10(2)8-15-13;/h8-15,17-21H,1-7H3;3-4,6-8H,1-2H3;/q2*-1;/i;1D3;. The van der Waals surface area contributed by atoms with E-state index in [1.54, 1.807) is 12.3 Å². The normalized spacial score (nSPS) is 12.8. The molecule has 4 heterocycles. The van der Waals surface area contributed by atoms with Gasteiger partial charge >= 0.3 is 0 Å². The Hall–Kier alpha value is -4.97. The summed E-state index contributed by atoms with van der Waals surface area (Å²) in [4.78, 5) is 14.3. The first-order valence-corrected chi connectivity index (χ1v) is 18.0. The van der Waals surface area contributed by atoms with Crippen LogP contribution in [0.25, 0.3) is 61.3 Å². The molecule has 8 rings (SSSR count). The summed E-state index contributed by atoms with van der Waals surface area (Å²) in [6.45, 7) is 15.1. The maximum atomic E-state index is 13.8. The van der Waals surface area contributed by atoms with E-state index in [1.165, 1.54) is 22.9 Å². The summed E-state index contributed by atoms with van der Waals surface area (Å²) in [6, 6.07) is 33.0. The van der Waals surface area contributed by atoms with Gasteiger partial charge in [-0.25, -0.2) is 0 Å². The van der Waals surface area contributed by atoms with E-state index in [2.05, 4.69) is 113 Å². The van der Waals surface area contributed by atoms with Crippen molar-refractivity contribution < 1.29 is 33.0 Å². The van der Waals surface area contributed by atoms with Gasteiger partial charge in [0.15, 0.2) is 0 Å². The molecule has 5 nitrogen and oxygen atoms in total. The van der Waals surface area contributed by atoms with E-state index in [0.29, 0.717) is 17.5 Å². The molecule has 4 aromatic carbocycles. The van der Waals surface area contributed by atoms with Crippen LogP contribution in [-0.2, 0) is 25.5 Å². The minimum atomic E-state index is -2.32. The number of aryl methyl sites for hydroxylation is 2. The summed E-state index contributed by atoms with van der Waals surface area (Å²) in [5, 5.41) is 2.17. The van der Waals surface area contributed by atoms with Crippen LogP contribution in [0.2, 0.25) is 0 Å². The molecular formula is C47H45FIrN4O-2. The number of pyridine rings is 2. The van der Waals surface area contributed by atoms with Crippen molar-refractivity contribution in [1.29, 1.82) is 0 Å². The summed E-state index contributed by atoms with van der Waals surface area (Å²) in [5.41, 5.74) is 10.7. The average Bonchev–Trinajstić information content (AvgIpc) is 3.73. The number of halogens is 1. The zero-order valence-electron chi connectivity index (χ0n) is 34.8. The number of imidazole rings is 1. The number of fused-ring (bicyclic) bond motifs is 4. The second-order valence-electron chi connectivity index (χ2n) is 15.2. The fourth-order valence-corrected chi connectivity index (χ4v) is 6.69. The van der Waals surface area contributed by atoms with Crippen LogP contribution in [0.3, 0.4) is 0 Å². The number of furan rings is 1. The van der Waals surface area contributed by atoms with Crippen molar-refractivity contribution in [3.05, 3.63) is 143 Å². The zero-order chi connectivity index (χ0) is 40.1. The SMILES string of the molecule is CC(C)c1cccc(C(C)C)c1-n1c(-c2[c-]ccc3c2oc2ccccc23)nc2cc(C(C)(C)C)ncc21.[2H]C([2H])([2H])c1c[c-]c(-c2ccc(C)cn2)c(F)c1.[Ir]. The summed E-state index contributed by atoms with van der Waals surface area (Å²) in [5.74, 6) is 0.871. The van der Waals surface area contributed by atoms with Crippen molar-refractivity contribution in [2.24, 2.45) is 0 Å². The third kappa shape index (κ3) is 7.40. The predicted molar refractivity (Wildman–Crippen MR) is 215 cm³/mol. The number of hydrogen-bond donors (Lipinski definition) is 0. The Morgan fingerprint density at radius 1 is 0.815 bits per heavy atom. The molecule has 0 saturated heterocycles. The number of aromatic nitrogens is 4. The van der Waals surface area contributed by atoms with Crippen molar-refractivity contribution in [3.8, 4) is 28.3 Å². The number of para-hydroxylation sites is 2. The molecule has 7 heteroatoms. The minimum Gasteiger partial charge on any atom is -0.501 e. The van der Waals surface area contributed by atoms with Gasteiger partial charge in [-0.05, 0) is 53.3 Å². The topological polar surface area (TPSA) is 56.7 Å². The van der Waals surface area contributed by atoms with Crippen LogP contribution in [-0.4, -0.2) is 19.5 Å². The van der Waals surface area contributed by atoms with Gasteiger partial charge in [0.05, 0.1) is 28.6 Å². The predicted octanol–water partition coefficient (Wildman–Crippen LogP) is 12.6.